The molecule has 4 atom stereocenters. The Kier molecular flexibility index (Phi) is 12.5. The Hall–Kier alpha value is -3.99. The van der Waals surface area contributed by atoms with Crippen molar-refractivity contribution in [1.82, 2.24) is 15.5 Å². The van der Waals surface area contributed by atoms with E-state index in [4.69, 9.17) is 18.9 Å². The molecule has 3 N–H and O–H groups in total. The van der Waals surface area contributed by atoms with Crippen LogP contribution in [0.1, 0.15) is 36.5 Å². The molecule has 0 spiro atoms. The van der Waals surface area contributed by atoms with E-state index in [9.17, 15) is 38.4 Å². The first-order valence-corrected chi connectivity index (χ1v) is 14.6. The van der Waals surface area contributed by atoms with Gasteiger partial charge in [-0.25, -0.2) is 9.59 Å². The zero-order valence-electron chi connectivity index (χ0n) is 23.6. The molecule has 2 heterocycles. The van der Waals surface area contributed by atoms with Crippen LogP contribution in [-0.2, 0) is 54.1 Å². The van der Waals surface area contributed by atoms with Crippen molar-refractivity contribution in [2.75, 3.05) is 39.5 Å². The van der Waals surface area contributed by atoms with Crippen LogP contribution in [0.2, 0.25) is 0 Å². The van der Waals surface area contributed by atoms with Crippen LogP contribution in [0.5, 0.6) is 0 Å². The highest BCUT2D eigenvalue weighted by Gasteiger charge is 2.61. The number of amides is 3. The van der Waals surface area contributed by atoms with Crippen LogP contribution in [0, 0.1) is 0 Å². The molecular weight excluding hydrogens is 590 g/mol. The van der Waals surface area contributed by atoms with E-state index in [2.05, 4.69) is 10.6 Å². The monoisotopic (exact) mass is 623 g/mol. The van der Waals surface area contributed by atoms with Crippen molar-refractivity contribution in [3.05, 3.63) is 47.2 Å². The van der Waals surface area contributed by atoms with Gasteiger partial charge in [-0.3, -0.25) is 24.1 Å². The average molecular weight is 624 g/mol. The lowest BCUT2D eigenvalue weighted by atomic mass is 10.0. The summed E-state index contributed by atoms with van der Waals surface area (Å²) in [5.74, 6) is -5.06. The molecule has 0 saturated carbocycles. The summed E-state index contributed by atoms with van der Waals surface area (Å²) < 4.78 is 32.8. The van der Waals surface area contributed by atoms with Crippen molar-refractivity contribution >= 4 is 46.8 Å². The second-order valence-corrected chi connectivity index (χ2v) is 11.0. The number of hydrogen-bond donors (Lipinski definition) is 3. The van der Waals surface area contributed by atoms with Crippen LogP contribution in [0.25, 0.3) is 0 Å². The van der Waals surface area contributed by atoms with Crippen LogP contribution in [0.3, 0.4) is 0 Å². The number of benzene rings is 1. The van der Waals surface area contributed by atoms with Gasteiger partial charge >= 0.3 is 17.9 Å². The predicted molar refractivity (Wildman–Crippen MR) is 147 cm³/mol. The summed E-state index contributed by atoms with van der Waals surface area (Å²) >= 11 is -1.78. The maximum absolute atomic E-state index is 12.8. The summed E-state index contributed by atoms with van der Waals surface area (Å²) in [6.45, 7) is 0.810. The number of aliphatic carboxylic acids is 1. The number of rotatable bonds is 16. The van der Waals surface area contributed by atoms with Crippen LogP contribution >= 0.6 is 0 Å². The second kappa shape index (κ2) is 16.0. The van der Waals surface area contributed by atoms with Gasteiger partial charge in [0, 0.05) is 31.6 Å². The van der Waals surface area contributed by atoms with Gasteiger partial charge in [0.1, 0.15) is 24.1 Å². The first kappa shape index (κ1) is 33.5. The molecule has 0 radical (unpaired) electrons. The van der Waals surface area contributed by atoms with E-state index in [0.29, 0.717) is 12.2 Å². The number of fused-ring (bicyclic) bond motifs is 1. The number of esters is 2. The summed E-state index contributed by atoms with van der Waals surface area (Å²) in [7, 11) is 1.49. The fourth-order valence-electron chi connectivity index (χ4n) is 4.35. The Morgan fingerprint density at radius 1 is 1.14 bits per heavy atom. The molecule has 3 amide bonds. The quantitative estimate of drug-likeness (QED) is 0.0696. The highest BCUT2D eigenvalue weighted by Crippen LogP contribution is 2.37. The molecule has 16 heteroatoms. The van der Waals surface area contributed by atoms with Gasteiger partial charge in [0.2, 0.25) is 11.3 Å². The van der Waals surface area contributed by atoms with E-state index < -0.39 is 76.6 Å². The molecule has 0 aromatic heterocycles. The lowest BCUT2D eigenvalue weighted by molar-refractivity contribution is -0.159. The molecule has 15 nitrogen and oxygen atoms in total. The Labute approximate surface area is 250 Å². The fraction of sp³-hybridized carbons (Fsp3) is 0.481. The standard InChI is InChI=1S/C27H33N3O12S/c1-16(31)41-13-18-14-43(38)25-21(24(34)30(25)22(18)26(35)36)29-20(32)10-6-9-19(27(37)42-15-40-12-11-39-2)28-23(33)17-7-4-3-5-8-17/h3-5,7-8,19,21,25H,6,9-15H2,1-2H3,(H,28,33)(H,29,32)(H,35,36)/t19?,21?,25-,43?/m0/s1. The largest absolute Gasteiger partial charge is 0.614 e. The molecule has 2 aliphatic heterocycles. The Bertz CT molecular complexity index is 1240. The summed E-state index contributed by atoms with van der Waals surface area (Å²) in [6, 6.07) is 5.85. The van der Waals surface area contributed by atoms with E-state index in [1.807, 2.05) is 0 Å². The van der Waals surface area contributed by atoms with Crippen molar-refractivity contribution in [3.63, 3.8) is 0 Å². The number of carboxylic acids is 1. The van der Waals surface area contributed by atoms with Gasteiger partial charge in [0.05, 0.1) is 13.2 Å². The highest BCUT2D eigenvalue weighted by molar-refractivity contribution is 7.92. The number of nitrogens with zero attached hydrogens (tertiary/aromatic N) is 1. The average Bonchev–Trinajstić information content (AvgIpc) is 2.97. The minimum absolute atomic E-state index is 0.00834. The van der Waals surface area contributed by atoms with Gasteiger partial charge < -0.3 is 39.2 Å². The second-order valence-electron chi connectivity index (χ2n) is 9.47. The number of ether oxygens (including phenoxy) is 4. The molecule has 3 unspecified atom stereocenters. The number of methoxy groups -OCH3 is 1. The molecule has 1 aromatic carbocycles. The molecule has 3 rings (SSSR count). The van der Waals surface area contributed by atoms with E-state index in [1.165, 1.54) is 7.11 Å². The third-order valence-electron chi connectivity index (χ3n) is 6.41. The Morgan fingerprint density at radius 2 is 1.86 bits per heavy atom. The summed E-state index contributed by atoms with van der Waals surface area (Å²) in [5.41, 5.74) is -0.0910. The third-order valence-corrected chi connectivity index (χ3v) is 8.07. The number of carbonyl (C=O) groups excluding carboxylic acids is 5. The van der Waals surface area contributed by atoms with Gasteiger partial charge in [-0.2, -0.15) is 0 Å². The smallest absolute Gasteiger partial charge is 0.353 e. The molecule has 43 heavy (non-hydrogen) atoms. The van der Waals surface area contributed by atoms with Gasteiger partial charge in [-0.05, 0) is 36.2 Å². The molecule has 1 saturated heterocycles. The van der Waals surface area contributed by atoms with Crippen molar-refractivity contribution in [1.29, 1.82) is 0 Å². The number of nitrogens with one attached hydrogen (secondary N) is 2. The van der Waals surface area contributed by atoms with Crippen LogP contribution < -0.4 is 10.6 Å². The van der Waals surface area contributed by atoms with E-state index in [-0.39, 0.29) is 44.0 Å². The first-order valence-electron chi connectivity index (χ1n) is 13.2. The maximum atomic E-state index is 12.8. The number of hydrogen-bond acceptors (Lipinski definition) is 11. The molecule has 1 fully saturated rings. The Morgan fingerprint density at radius 3 is 2.51 bits per heavy atom. The third kappa shape index (κ3) is 9.00. The summed E-state index contributed by atoms with van der Waals surface area (Å²) in [6.07, 6.45) is -0.0669. The minimum atomic E-state index is -1.78. The van der Waals surface area contributed by atoms with Gasteiger partial charge in [0.25, 0.3) is 11.8 Å². The molecule has 1 aromatic rings. The number of carboxylic acid groups (broad SMARTS) is 1. The van der Waals surface area contributed by atoms with E-state index in [0.717, 1.165) is 11.8 Å². The maximum Gasteiger partial charge on any atom is 0.353 e. The number of carbonyl (C=O) groups is 6. The van der Waals surface area contributed by atoms with Gasteiger partial charge in [-0.1, -0.05) is 18.2 Å². The lowest BCUT2D eigenvalue weighted by Gasteiger charge is -2.48. The molecule has 234 valence electrons. The number of β-lactam (4-membered cyclic amide) rings is 1. The molecule has 0 bridgehead atoms. The topological polar surface area (TPSA) is 210 Å². The van der Waals surface area contributed by atoms with Crippen LogP contribution in [0.15, 0.2) is 41.6 Å². The van der Waals surface area contributed by atoms with Crippen LogP contribution in [0.4, 0.5) is 0 Å². The SMILES string of the molecule is COCCOCOC(=O)C(CCCC(=O)NC1C(=O)N2C(C(=O)O)=C(COC(C)=O)C[S+]([O-])[C@@H]12)NC(=O)c1ccccc1. The zero-order valence-corrected chi connectivity index (χ0v) is 24.4. The highest BCUT2D eigenvalue weighted by atomic mass is 32.2. The van der Waals surface area contributed by atoms with Crippen LogP contribution in [-0.4, -0.2) is 107 Å². The fourth-order valence-corrected chi connectivity index (χ4v) is 6.01. The Balaban J connectivity index is 1.58. The first-order chi connectivity index (χ1) is 20.5. The molecule has 0 aliphatic carbocycles. The molecular formula is C27H33N3O12S. The normalized spacial score (nSPS) is 19.9. The zero-order chi connectivity index (χ0) is 31.5. The van der Waals surface area contributed by atoms with E-state index in [1.54, 1.807) is 30.3 Å². The summed E-state index contributed by atoms with van der Waals surface area (Å²) in [5, 5.41) is 13.6. The van der Waals surface area contributed by atoms with Crippen molar-refractivity contribution in [2.45, 2.75) is 43.6 Å². The lowest BCUT2D eigenvalue weighted by Crippen LogP contribution is -2.74. The summed E-state index contributed by atoms with van der Waals surface area (Å²) in [4.78, 5) is 74.7. The van der Waals surface area contributed by atoms with E-state index >= 15 is 0 Å². The predicted octanol–water partition coefficient (Wildman–Crippen LogP) is -0.564. The van der Waals surface area contributed by atoms with Gasteiger partial charge in [0.15, 0.2) is 12.8 Å². The van der Waals surface area contributed by atoms with Crippen molar-refractivity contribution in [3.8, 4) is 0 Å². The van der Waals surface area contributed by atoms with Crippen molar-refractivity contribution < 1.29 is 57.4 Å². The van der Waals surface area contributed by atoms with Crippen molar-refractivity contribution in [2.24, 2.45) is 0 Å². The molecule has 2 aliphatic rings. The minimum Gasteiger partial charge on any atom is -0.614 e. The van der Waals surface area contributed by atoms with Gasteiger partial charge in [-0.15, -0.1) is 0 Å².